The monoisotopic (exact) mass is 204 g/mol. The predicted molar refractivity (Wildman–Crippen MR) is 50.7 cm³/mol. The van der Waals surface area contributed by atoms with E-state index in [0.29, 0.717) is 0 Å². The highest BCUT2D eigenvalue weighted by atomic mass is 16.6. The number of carbonyl (C=O) groups excluding carboxylic acids is 1. The molecule has 0 aliphatic rings. The molecule has 0 aromatic carbocycles. The van der Waals surface area contributed by atoms with Gasteiger partial charge in [0.2, 0.25) is 5.54 Å². The quantitative estimate of drug-likeness (QED) is 0.516. The number of hydrogen-bond acceptors (Lipinski definition) is 4. The van der Waals surface area contributed by atoms with Crippen LogP contribution in [-0.4, -0.2) is 28.2 Å². The molecule has 0 heterocycles. The molecule has 0 rings (SSSR count). The van der Waals surface area contributed by atoms with Crippen molar-refractivity contribution in [2.75, 3.05) is 0 Å². The van der Waals surface area contributed by atoms with Crippen molar-refractivity contribution in [3.05, 3.63) is 0 Å². The van der Waals surface area contributed by atoms with E-state index in [1.807, 2.05) is 0 Å². The molecule has 0 aliphatic carbocycles. The van der Waals surface area contributed by atoms with E-state index in [2.05, 4.69) is 0 Å². The molecule has 0 aromatic rings. The highest BCUT2D eigenvalue weighted by Gasteiger charge is 2.43. The van der Waals surface area contributed by atoms with Gasteiger partial charge >= 0.3 is 11.9 Å². The van der Waals surface area contributed by atoms with Crippen LogP contribution in [0.1, 0.15) is 35.5 Å². The van der Waals surface area contributed by atoms with Gasteiger partial charge in [0.05, 0.1) is 0 Å². The Bertz CT molecular complexity index is 267. The van der Waals surface area contributed by atoms with Crippen molar-refractivity contribution < 1.29 is 20.8 Å². The molecule has 0 saturated heterocycles. The van der Waals surface area contributed by atoms with Crippen molar-refractivity contribution in [2.45, 2.75) is 45.2 Å². The number of carbonyl (C=O) groups is 2. The molecule has 14 heavy (non-hydrogen) atoms. The van der Waals surface area contributed by atoms with Crippen molar-refractivity contribution in [3.8, 4) is 0 Å². The lowest BCUT2D eigenvalue weighted by molar-refractivity contribution is -0.169. The fourth-order valence-electron chi connectivity index (χ4n) is 0.725. The van der Waals surface area contributed by atoms with Crippen LogP contribution in [0.3, 0.4) is 0 Å². The fourth-order valence-corrected chi connectivity index (χ4v) is 0.725. The van der Waals surface area contributed by atoms with Crippen LogP contribution in [0.15, 0.2) is 0 Å². The van der Waals surface area contributed by atoms with E-state index < -0.39 is 23.1 Å². The molecule has 0 aromatic heterocycles. The number of ether oxygens (including phenoxy) is 1. The molecule has 0 spiro atoms. The minimum atomic E-state index is -2.02. The number of hydrogen-bond donors (Lipinski definition) is 2. The molecule has 0 amide bonds. The Labute approximate surface area is 84.6 Å². The van der Waals surface area contributed by atoms with Gasteiger partial charge in [-0.3, -0.25) is 0 Å². The second-order valence-corrected chi connectivity index (χ2v) is 3.78. The Hall–Kier alpha value is -1.10. The number of carboxylic acids is 1. The number of aliphatic carboxylic acids is 1. The minimum absolute atomic E-state index is 0.0603. The molecule has 1 unspecified atom stereocenters. The molecular formula is C9H17NO4. The van der Waals surface area contributed by atoms with Gasteiger partial charge in [-0.1, -0.05) is 6.92 Å². The molecule has 3 N–H and O–H groups in total. The molecule has 0 aliphatic heterocycles. The van der Waals surface area contributed by atoms with E-state index in [0.717, 1.165) is 0 Å². The Kier molecular flexibility index (Phi) is 3.10. The van der Waals surface area contributed by atoms with Gasteiger partial charge < -0.3 is 15.6 Å². The van der Waals surface area contributed by atoms with Crippen molar-refractivity contribution in [3.63, 3.8) is 0 Å². The van der Waals surface area contributed by atoms with Gasteiger partial charge in [0.1, 0.15) is 5.60 Å². The second kappa shape index (κ2) is 3.96. The van der Waals surface area contributed by atoms with E-state index in [-0.39, 0.29) is 13.3 Å². The zero-order valence-corrected chi connectivity index (χ0v) is 8.66. The molecule has 0 bridgehead atoms. The first kappa shape index (κ1) is 11.0. The standard InChI is InChI=1S/C9H17NO4/c1-5-9(10,6(11)12)7(13)14-8(2,3)4/h5,10H2,1-4H3,(H,11,12)/i2D. The summed E-state index contributed by atoms with van der Waals surface area (Å²) in [5.74, 6) is -2.43. The van der Waals surface area contributed by atoms with E-state index in [9.17, 15) is 9.59 Å². The average Bonchev–Trinajstić information content (AvgIpc) is 2.15. The molecule has 0 radical (unpaired) electrons. The van der Waals surface area contributed by atoms with Crippen LogP contribution in [0.25, 0.3) is 0 Å². The van der Waals surface area contributed by atoms with Gasteiger partial charge in [0.15, 0.2) is 0 Å². The molecular weight excluding hydrogens is 186 g/mol. The lowest BCUT2D eigenvalue weighted by atomic mass is 9.98. The highest BCUT2D eigenvalue weighted by molar-refractivity contribution is 6.03. The Morgan fingerprint density at radius 3 is 2.36 bits per heavy atom. The Balaban J connectivity index is 4.77. The summed E-state index contributed by atoms with van der Waals surface area (Å²) in [6.45, 7) is 4.38. The highest BCUT2D eigenvalue weighted by Crippen LogP contribution is 2.15. The molecule has 0 fully saturated rings. The number of nitrogens with two attached hydrogens (primary N) is 1. The third-order valence-electron chi connectivity index (χ3n) is 1.67. The van der Waals surface area contributed by atoms with Gasteiger partial charge in [-0.25, -0.2) is 9.59 Å². The molecule has 1 atom stereocenters. The zero-order valence-electron chi connectivity index (χ0n) is 9.66. The van der Waals surface area contributed by atoms with Gasteiger partial charge in [-0.2, -0.15) is 0 Å². The molecule has 0 saturated carbocycles. The summed E-state index contributed by atoms with van der Waals surface area (Å²) in [7, 11) is 0. The van der Waals surface area contributed by atoms with Gasteiger partial charge in [0.25, 0.3) is 0 Å². The van der Waals surface area contributed by atoms with Crippen LogP contribution < -0.4 is 5.73 Å². The summed E-state index contributed by atoms with van der Waals surface area (Å²) in [5.41, 5.74) is 2.37. The van der Waals surface area contributed by atoms with E-state index in [1.54, 1.807) is 0 Å². The maximum atomic E-state index is 11.5. The van der Waals surface area contributed by atoms with Gasteiger partial charge in [-0.05, 0) is 27.2 Å². The molecule has 82 valence electrons. The maximum Gasteiger partial charge on any atom is 0.338 e. The first-order chi connectivity index (χ1) is 6.69. The summed E-state index contributed by atoms with van der Waals surface area (Å²) in [6.07, 6.45) is -0.0603. The summed E-state index contributed by atoms with van der Waals surface area (Å²) in [5, 5.41) is 8.80. The predicted octanol–water partition coefficient (Wildman–Crippen LogP) is 0.520. The van der Waals surface area contributed by atoms with E-state index >= 15 is 0 Å². The summed E-state index contributed by atoms with van der Waals surface area (Å²) < 4.78 is 12.0. The largest absolute Gasteiger partial charge is 0.479 e. The minimum Gasteiger partial charge on any atom is -0.479 e. The zero-order chi connectivity index (χ0) is 12.3. The molecule has 5 heteroatoms. The van der Waals surface area contributed by atoms with Crippen LogP contribution in [0.4, 0.5) is 0 Å². The van der Waals surface area contributed by atoms with Gasteiger partial charge in [-0.15, -0.1) is 0 Å². The van der Waals surface area contributed by atoms with Crippen LogP contribution in [0.2, 0.25) is 0 Å². The summed E-state index contributed by atoms with van der Waals surface area (Å²) >= 11 is 0. The second-order valence-electron chi connectivity index (χ2n) is 3.78. The maximum absolute atomic E-state index is 11.5. The smallest absolute Gasteiger partial charge is 0.338 e. The lowest BCUT2D eigenvalue weighted by Crippen LogP contribution is -2.56. The van der Waals surface area contributed by atoms with Crippen LogP contribution in [-0.2, 0) is 14.3 Å². The Morgan fingerprint density at radius 2 is 2.07 bits per heavy atom. The van der Waals surface area contributed by atoms with Crippen molar-refractivity contribution in [1.29, 1.82) is 0 Å². The normalized spacial score (nSPS) is 16.7. The third kappa shape index (κ3) is 2.99. The van der Waals surface area contributed by atoms with Crippen LogP contribution in [0, 0.1) is 0 Å². The molecule has 5 nitrogen and oxygen atoms in total. The number of rotatable bonds is 3. The summed E-state index contributed by atoms with van der Waals surface area (Å²) in [4.78, 5) is 22.3. The number of carboxylic acid groups (broad SMARTS) is 1. The third-order valence-corrected chi connectivity index (χ3v) is 1.67. The van der Waals surface area contributed by atoms with E-state index in [1.165, 1.54) is 20.8 Å². The van der Waals surface area contributed by atoms with E-state index in [4.69, 9.17) is 16.9 Å². The fraction of sp³-hybridized carbons (Fsp3) is 0.778. The Morgan fingerprint density at radius 1 is 1.57 bits per heavy atom. The topological polar surface area (TPSA) is 89.6 Å². The number of esters is 1. The first-order valence-electron chi connectivity index (χ1n) is 4.95. The average molecular weight is 204 g/mol. The van der Waals surface area contributed by atoms with Crippen LogP contribution >= 0.6 is 0 Å². The first-order valence-corrected chi connectivity index (χ1v) is 4.24. The van der Waals surface area contributed by atoms with Crippen molar-refractivity contribution >= 4 is 11.9 Å². The van der Waals surface area contributed by atoms with Crippen LogP contribution in [0.5, 0.6) is 0 Å². The SMILES string of the molecule is [2H]CC(C)(C)OC(=O)C(N)(CC)C(=O)O. The van der Waals surface area contributed by atoms with Crippen molar-refractivity contribution in [1.82, 2.24) is 0 Å². The van der Waals surface area contributed by atoms with Crippen molar-refractivity contribution in [2.24, 2.45) is 5.73 Å². The lowest BCUT2D eigenvalue weighted by Gasteiger charge is -2.27. The van der Waals surface area contributed by atoms with Gasteiger partial charge in [0, 0.05) is 1.37 Å². The summed E-state index contributed by atoms with van der Waals surface area (Å²) in [6, 6.07) is 0.